The number of ether oxygens (including phenoxy) is 6. The van der Waals surface area contributed by atoms with Crippen LogP contribution in [0.25, 0.3) is 0 Å². The molecule has 0 aliphatic carbocycles. The van der Waals surface area contributed by atoms with E-state index in [0.29, 0.717) is 39.3 Å². The van der Waals surface area contributed by atoms with Gasteiger partial charge in [-0.1, -0.05) is 23.2 Å². The SMILES string of the molecule is COc1cc([C@@H]2CCCNC2)c(OC)cc1Cl.COc1cc([C@H]2CCCNC2)c(OC)cc1Cl.COc1ccc(OC)c(C2CCCNC2)c1.Cl.Cl.Cl. The molecule has 3 fully saturated rings. The zero-order valence-corrected chi connectivity index (χ0v) is 35.7. The first-order valence-electron chi connectivity index (χ1n) is 17.5. The maximum Gasteiger partial charge on any atom is 0.138 e. The predicted molar refractivity (Wildman–Crippen MR) is 225 cm³/mol. The van der Waals surface area contributed by atoms with E-state index in [1.54, 1.807) is 42.7 Å². The largest absolute Gasteiger partial charge is 0.497 e. The van der Waals surface area contributed by atoms with E-state index in [-0.39, 0.29) is 37.2 Å². The topological polar surface area (TPSA) is 91.5 Å². The molecule has 3 heterocycles. The fraction of sp³-hybridized carbons (Fsp3) is 0.538. The second-order valence-electron chi connectivity index (χ2n) is 12.7. The van der Waals surface area contributed by atoms with Crippen molar-refractivity contribution in [1.82, 2.24) is 16.0 Å². The van der Waals surface area contributed by atoms with Crippen molar-refractivity contribution in [3.8, 4) is 34.5 Å². The molecule has 300 valence electrons. The lowest BCUT2D eigenvalue weighted by atomic mass is 9.91. The first-order valence-corrected chi connectivity index (χ1v) is 18.3. The maximum atomic E-state index is 6.10. The smallest absolute Gasteiger partial charge is 0.138 e. The molecule has 0 bridgehead atoms. The van der Waals surface area contributed by atoms with Gasteiger partial charge in [-0.15, -0.1) is 37.2 Å². The summed E-state index contributed by atoms with van der Waals surface area (Å²) >= 11 is 12.2. The van der Waals surface area contributed by atoms with Crippen LogP contribution in [0.2, 0.25) is 10.0 Å². The highest BCUT2D eigenvalue weighted by Crippen LogP contribution is 2.40. The van der Waals surface area contributed by atoms with Gasteiger partial charge >= 0.3 is 0 Å². The molecule has 9 nitrogen and oxygen atoms in total. The van der Waals surface area contributed by atoms with Crippen LogP contribution in [0, 0.1) is 0 Å². The summed E-state index contributed by atoms with van der Waals surface area (Å²) in [7, 11) is 10.1. The second kappa shape index (κ2) is 25.8. The fourth-order valence-electron chi connectivity index (χ4n) is 6.92. The molecular weight excluding hydrogens is 784 g/mol. The summed E-state index contributed by atoms with van der Waals surface area (Å²) in [6.45, 7) is 6.34. The van der Waals surface area contributed by atoms with Crippen molar-refractivity contribution in [3.63, 3.8) is 0 Å². The van der Waals surface area contributed by atoms with Crippen LogP contribution >= 0.6 is 60.4 Å². The highest BCUT2D eigenvalue weighted by Gasteiger charge is 2.23. The van der Waals surface area contributed by atoms with Crippen molar-refractivity contribution in [1.29, 1.82) is 0 Å². The molecule has 3 aliphatic heterocycles. The molecule has 3 aliphatic rings. The molecule has 53 heavy (non-hydrogen) atoms. The summed E-state index contributed by atoms with van der Waals surface area (Å²) in [5, 5.41) is 11.4. The van der Waals surface area contributed by atoms with Crippen molar-refractivity contribution in [2.24, 2.45) is 0 Å². The molecule has 3 aromatic rings. The van der Waals surface area contributed by atoms with E-state index in [0.717, 1.165) is 62.3 Å². The second-order valence-corrected chi connectivity index (χ2v) is 13.5. The Kier molecular flexibility index (Phi) is 23.8. The van der Waals surface area contributed by atoms with E-state index in [2.05, 4.69) is 22.0 Å². The Morgan fingerprint density at radius 3 is 1.11 bits per heavy atom. The summed E-state index contributed by atoms with van der Waals surface area (Å²) in [5.74, 6) is 6.50. The Bertz CT molecular complexity index is 1410. The molecule has 3 N–H and O–H groups in total. The predicted octanol–water partition coefficient (Wildman–Crippen LogP) is 9.08. The number of hydrogen-bond donors (Lipinski definition) is 3. The first kappa shape index (κ1) is 48.8. The number of rotatable bonds is 9. The average Bonchev–Trinajstić information content (AvgIpc) is 3.18. The van der Waals surface area contributed by atoms with Crippen LogP contribution in [0.3, 0.4) is 0 Å². The molecule has 1 unspecified atom stereocenters. The summed E-state index contributed by atoms with van der Waals surface area (Å²) in [4.78, 5) is 0. The number of methoxy groups -OCH3 is 6. The number of hydrogen-bond acceptors (Lipinski definition) is 9. The van der Waals surface area contributed by atoms with Gasteiger partial charge in [0, 0.05) is 66.2 Å². The summed E-state index contributed by atoms with van der Waals surface area (Å²) < 4.78 is 32.0. The highest BCUT2D eigenvalue weighted by atomic mass is 35.5. The van der Waals surface area contributed by atoms with Crippen LogP contribution in [0.15, 0.2) is 42.5 Å². The molecular formula is C39H58Cl5N3O6. The van der Waals surface area contributed by atoms with Gasteiger partial charge in [0.1, 0.15) is 34.5 Å². The van der Waals surface area contributed by atoms with Gasteiger partial charge in [-0.05, 0) is 88.5 Å². The molecule has 0 saturated carbocycles. The summed E-state index contributed by atoms with van der Waals surface area (Å²) in [5.41, 5.74) is 3.62. The molecule has 6 rings (SSSR count). The van der Waals surface area contributed by atoms with E-state index < -0.39 is 0 Å². The van der Waals surface area contributed by atoms with Gasteiger partial charge in [-0.25, -0.2) is 0 Å². The monoisotopic (exact) mass is 839 g/mol. The molecule has 3 aromatic carbocycles. The third-order valence-corrected chi connectivity index (χ3v) is 10.2. The van der Waals surface area contributed by atoms with Gasteiger partial charge in [0.15, 0.2) is 0 Å². The van der Waals surface area contributed by atoms with Gasteiger partial charge in [0.2, 0.25) is 0 Å². The van der Waals surface area contributed by atoms with Crippen molar-refractivity contribution in [2.45, 2.75) is 56.3 Å². The molecule has 3 atom stereocenters. The van der Waals surface area contributed by atoms with E-state index in [1.807, 2.05) is 36.4 Å². The molecule has 14 heteroatoms. The van der Waals surface area contributed by atoms with E-state index in [4.69, 9.17) is 51.6 Å². The van der Waals surface area contributed by atoms with Crippen molar-refractivity contribution in [2.75, 3.05) is 81.9 Å². The van der Waals surface area contributed by atoms with Crippen LogP contribution in [-0.4, -0.2) is 81.9 Å². The average molecular weight is 842 g/mol. The van der Waals surface area contributed by atoms with E-state index in [9.17, 15) is 0 Å². The molecule has 0 aromatic heterocycles. The number of halogens is 5. The Morgan fingerprint density at radius 2 is 0.811 bits per heavy atom. The first-order chi connectivity index (χ1) is 24.4. The summed E-state index contributed by atoms with van der Waals surface area (Å²) in [6, 6.07) is 13.7. The number of nitrogens with one attached hydrogen (secondary N) is 3. The van der Waals surface area contributed by atoms with Crippen LogP contribution < -0.4 is 44.4 Å². The lowest BCUT2D eigenvalue weighted by molar-refractivity contribution is 0.384. The zero-order valence-electron chi connectivity index (χ0n) is 31.7. The van der Waals surface area contributed by atoms with Gasteiger partial charge in [0.25, 0.3) is 0 Å². The molecule has 3 saturated heterocycles. The van der Waals surface area contributed by atoms with E-state index >= 15 is 0 Å². The standard InChI is InChI=1S/2C13H18ClNO2.C13H19NO2.3ClH/c2*1-16-12-7-11(14)13(17-2)6-10(12)9-4-3-5-15-8-9;1-15-11-5-6-13(16-2)12(8-11)10-4-3-7-14-9-10;;;/h2*6-7,9,15H,3-5,8H2,1-2H3;5-6,8,10,14H,3-4,7,9H2,1-2H3;3*1H/t2*9-;;;;/m10..../s1. The molecule has 0 spiro atoms. The maximum absolute atomic E-state index is 6.10. The molecule has 0 amide bonds. The number of benzene rings is 3. The highest BCUT2D eigenvalue weighted by molar-refractivity contribution is 6.32. The van der Waals surface area contributed by atoms with Crippen molar-refractivity contribution in [3.05, 3.63) is 69.2 Å². The lowest BCUT2D eigenvalue weighted by Gasteiger charge is -2.25. The van der Waals surface area contributed by atoms with Gasteiger partial charge in [0.05, 0.1) is 52.7 Å². The Morgan fingerprint density at radius 1 is 0.453 bits per heavy atom. The van der Waals surface area contributed by atoms with Gasteiger partial charge in [-0.2, -0.15) is 0 Å². The molecule has 0 radical (unpaired) electrons. The van der Waals surface area contributed by atoms with Gasteiger partial charge < -0.3 is 44.4 Å². The third-order valence-electron chi connectivity index (χ3n) is 9.66. The summed E-state index contributed by atoms with van der Waals surface area (Å²) in [6.07, 6.45) is 7.18. The quantitative estimate of drug-likeness (QED) is 0.195. The van der Waals surface area contributed by atoms with Crippen LogP contribution in [0.1, 0.15) is 73.0 Å². The van der Waals surface area contributed by atoms with E-state index in [1.165, 1.54) is 55.2 Å². The van der Waals surface area contributed by atoms with Crippen molar-refractivity contribution < 1.29 is 28.4 Å². The van der Waals surface area contributed by atoms with Crippen molar-refractivity contribution >= 4 is 60.4 Å². The Balaban J connectivity index is 0.000000387. The minimum atomic E-state index is 0. The minimum Gasteiger partial charge on any atom is -0.497 e. The van der Waals surface area contributed by atoms with Gasteiger partial charge in [-0.3, -0.25) is 0 Å². The normalized spacial score (nSPS) is 19.1. The lowest BCUT2D eigenvalue weighted by Crippen LogP contribution is -2.28. The van der Waals surface area contributed by atoms with Crippen LogP contribution in [0.5, 0.6) is 34.5 Å². The van der Waals surface area contributed by atoms with Crippen LogP contribution in [0.4, 0.5) is 0 Å². The fourth-order valence-corrected chi connectivity index (χ4v) is 7.38. The third kappa shape index (κ3) is 13.8. The Hall–Kier alpha value is -2.21. The van der Waals surface area contributed by atoms with Crippen LogP contribution in [-0.2, 0) is 0 Å². The Labute approximate surface area is 345 Å². The zero-order chi connectivity index (χ0) is 35.9. The number of piperidine rings is 3. The minimum absolute atomic E-state index is 0.